The van der Waals surface area contributed by atoms with Crippen LogP contribution < -0.4 is 31.0 Å². The Morgan fingerprint density at radius 2 is 2.12 bits per heavy atom. The van der Waals surface area contributed by atoms with Crippen LogP contribution in [0.1, 0.15) is 37.1 Å². The van der Waals surface area contributed by atoms with Crippen molar-refractivity contribution in [3.63, 3.8) is 0 Å². The highest BCUT2D eigenvalue weighted by Crippen LogP contribution is 2.65. The molecule has 2 aliphatic heterocycles. The molecule has 1 amide bonds. The summed E-state index contributed by atoms with van der Waals surface area (Å²) in [7, 11) is 3.22. The average molecular weight is 462 g/mol. The van der Waals surface area contributed by atoms with Gasteiger partial charge in [0.1, 0.15) is 11.8 Å². The Hall–Kier alpha value is -3.42. The van der Waals surface area contributed by atoms with Gasteiger partial charge in [0.25, 0.3) is 0 Å². The maximum Gasteiger partial charge on any atom is 0.235 e. The quantitative estimate of drug-likeness (QED) is 0.527. The fourth-order valence-electron chi connectivity index (χ4n) is 6.34. The number of carbonyl (C=O) groups is 1. The minimum atomic E-state index is -0.410. The molecule has 3 fully saturated rings. The van der Waals surface area contributed by atoms with Gasteiger partial charge in [-0.3, -0.25) is 10.2 Å². The number of aromatic nitrogens is 2. The molecule has 4 unspecified atom stereocenters. The van der Waals surface area contributed by atoms with E-state index in [1.54, 1.807) is 14.2 Å². The molecule has 10 heteroatoms. The van der Waals surface area contributed by atoms with Crippen molar-refractivity contribution >= 4 is 17.4 Å². The number of amides is 1. The summed E-state index contributed by atoms with van der Waals surface area (Å²) in [6.07, 6.45) is 5.44. The molecule has 6 atom stereocenters. The number of hydrogen-bond donors (Lipinski definition) is 4. The molecule has 1 spiro atoms. The van der Waals surface area contributed by atoms with Crippen LogP contribution in [0.3, 0.4) is 0 Å². The first-order chi connectivity index (χ1) is 16.6. The Morgan fingerprint density at radius 3 is 2.91 bits per heavy atom. The molecule has 34 heavy (non-hydrogen) atoms. The van der Waals surface area contributed by atoms with Crippen LogP contribution in [-0.2, 0) is 10.2 Å². The highest BCUT2D eigenvalue weighted by Gasteiger charge is 2.67. The monoisotopic (exact) mass is 461 g/mol. The van der Waals surface area contributed by atoms with Gasteiger partial charge in [0, 0.05) is 17.6 Å². The number of nitriles is 1. The number of ether oxygens (including phenoxy) is 2. The summed E-state index contributed by atoms with van der Waals surface area (Å²) in [5, 5.41) is 15.6. The number of benzene rings is 1. The van der Waals surface area contributed by atoms with Crippen molar-refractivity contribution in [2.45, 2.75) is 43.3 Å². The highest BCUT2D eigenvalue weighted by atomic mass is 16.5. The lowest BCUT2D eigenvalue weighted by Crippen LogP contribution is -2.39. The average Bonchev–Trinajstić information content (AvgIpc) is 3.42. The van der Waals surface area contributed by atoms with E-state index in [2.05, 4.69) is 31.5 Å². The molecular formula is C24H27N7O3. The molecule has 176 valence electrons. The predicted molar refractivity (Wildman–Crippen MR) is 123 cm³/mol. The van der Waals surface area contributed by atoms with Crippen LogP contribution in [0.5, 0.6) is 11.5 Å². The second kappa shape index (κ2) is 7.82. The fraction of sp³-hybridized carbons (Fsp3) is 0.500. The van der Waals surface area contributed by atoms with E-state index in [4.69, 9.17) is 14.7 Å². The summed E-state index contributed by atoms with van der Waals surface area (Å²) in [4.78, 5) is 21.3. The van der Waals surface area contributed by atoms with Gasteiger partial charge in [-0.1, -0.05) is 0 Å². The highest BCUT2D eigenvalue weighted by molar-refractivity contribution is 6.09. The predicted octanol–water partition coefficient (Wildman–Crippen LogP) is 1.91. The lowest BCUT2D eigenvalue weighted by molar-refractivity contribution is -0.118. The van der Waals surface area contributed by atoms with E-state index in [0.29, 0.717) is 29.3 Å². The van der Waals surface area contributed by atoms with Crippen LogP contribution >= 0.6 is 0 Å². The Bertz CT molecular complexity index is 1200. The van der Waals surface area contributed by atoms with E-state index in [-0.39, 0.29) is 23.9 Å². The summed E-state index contributed by atoms with van der Waals surface area (Å²) >= 11 is 0. The molecular weight excluding hydrogens is 434 g/mol. The van der Waals surface area contributed by atoms with Crippen molar-refractivity contribution in [1.82, 2.24) is 20.8 Å². The summed E-state index contributed by atoms with van der Waals surface area (Å²) in [6, 6.07) is 8.13. The van der Waals surface area contributed by atoms with Crippen molar-refractivity contribution in [3.05, 3.63) is 35.8 Å². The first kappa shape index (κ1) is 21.1. The van der Waals surface area contributed by atoms with Crippen LogP contribution in [0, 0.1) is 29.1 Å². The fourth-order valence-corrected chi connectivity index (χ4v) is 6.34. The third-order valence-corrected chi connectivity index (χ3v) is 8.11. The minimum Gasteiger partial charge on any atom is -0.497 e. The molecule has 0 radical (unpaired) electrons. The van der Waals surface area contributed by atoms with Crippen LogP contribution in [0.4, 0.5) is 11.5 Å². The maximum atomic E-state index is 13.0. The third-order valence-electron chi connectivity index (χ3n) is 8.11. The molecule has 1 aromatic carbocycles. The zero-order chi connectivity index (χ0) is 23.4. The summed E-state index contributed by atoms with van der Waals surface area (Å²) in [6.45, 7) is 0. The smallest absolute Gasteiger partial charge is 0.235 e. The van der Waals surface area contributed by atoms with Crippen LogP contribution in [0.25, 0.3) is 0 Å². The first-order valence-corrected chi connectivity index (χ1v) is 11.7. The third kappa shape index (κ3) is 3.11. The molecule has 2 saturated carbocycles. The summed E-state index contributed by atoms with van der Waals surface area (Å²) in [5.74, 6) is 3.18. The lowest BCUT2D eigenvalue weighted by atomic mass is 9.74. The number of hydrogen-bond acceptors (Lipinski definition) is 9. The zero-order valence-corrected chi connectivity index (χ0v) is 19.1. The summed E-state index contributed by atoms with van der Waals surface area (Å²) < 4.78 is 10.8. The second-order valence-corrected chi connectivity index (χ2v) is 9.62. The number of methoxy groups -OCH3 is 2. The SMILES string of the molecule is COc1ccc2c(c1)[C@]1(C[C@H]1C1CCC3C(C1)NNC3Nc1nc(C#N)ncc1OC)C(=O)N2. The number of nitrogens with zero attached hydrogens (tertiary/aromatic N) is 3. The van der Waals surface area contributed by atoms with E-state index < -0.39 is 5.41 Å². The standard InChI is InChI=1S/C24H27N7O3/c1-33-13-4-6-17-15(8-13)24(23(32)27-17)9-16(24)12-3-5-14-18(7-12)30-31-21(14)29-22-19(34-2)11-26-20(10-25)28-22/h4,6,8,11-12,14,16,18,21,30-31H,3,5,7,9H2,1-2H3,(H,27,32)(H,26,28,29)/t12?,14?,16-,18?,21?,24-/m0/s1. The van der Waals surface area contributed by atoms with Crippen molar-refractivity contribution in [2.75, 3.05) is 24.9 Å². The summed E-state index contributed by atoms with van der Waals surface area (Å²) in [5.41, 5.74) is 8.41. The largest absolute Gasteiger partial charge is 0.497 e. The van der Waals surface area contributed by atoms with E-state index in [9.17, 15) is 4.79 Å². The molecule has 0 bridgehead atoms. The van der Waals surface area contributed by atoms with Crippen molar-refractivity contribution in [1.29, 1.82) is 5.26 Å². The Balaban J connectivity index is 1.16. The molecule has 4 aliphatic rings. The number of carbonyl (C=O) groups excluding carboxylic acids is 1. The van der Waals surface area contributed by atoms with Gasteiger partial charge in [0.05, 0.1) is 32.0 Å². The number of hydrazine groups is 1. The van der Waals surface area contributed by atoms with Gasteiger partial charge in [-0.2, -0.15) is 10.2 Å². The molecule has 6 rings (SSSR count). The van der Waals surface area contributed by atoms with Gasteiger partial charge in [-0.15, -0.1) is 0 Å². The number of anilines is 2. The first-order valence-electron chi connectivity index (χ1n) is 11.7. The molecule has 2 aliphatic carbocycles. The number of fused-ring (bicyclic) bond motifs is 3. The Morgan fingerprint density at radius 1 is 1.24 bits per heavy atom. The molecule has 4 N–H and O–H groups in total. The molecule has 3 heterocycles. The van der Waals surface area contributed by atoms with Gasteiger partial charge in [-0.25, -0.2) is 10.4 Å². The van der Waals surface area contributed by atoms with E-state index >= 15 is 0 Å². The van der Waals surface area contributed by atoms with Crippen molar-refractivity contribution in [3.8, 4) is 17.6 Å². The normalized spacial score (nSPS) is 33.0. The van der Waals surface area contributed by atoms with Gasteiger partial charge < -0.3 is 20.1 Å². The molecule has 1 saturated heterocycles. The number of rotatable bonds is 5. The maximum absolute atomic E-state index is 13.0. The topological polar surface area (TPSA) is 133 Å². The van der Waals surface area contributed by atoms with E-state index in [1.807, 2.05) is 24.3 Å². The lowest BCUT2D eigenvalue weighted by Gasteiger charge is -2.34. The molecule has 1 aromatic heterocycles. The van der Waals surface area contributed by atoms with Crippen molar-refractivity contribution in [2.24, 2.45) is 17.8 Å². The zero-order valence-electron chi connectivity index (χ0n) is 19.1. The van der Waals surface area contributed by atoms with Crippen molar-refractivity contribution < 1.29 is 14.3 Å². The second-order valence-electron chi connectivity index (χ2n) is 9.62. The van der Waals surface area contributed by atoms with Crippen LogP contribution in [-0.4, -0.2) is 42.3 Å². The van der Waals surface area contributed by atoms with E-state index in [0.717, 1.165) is 42.7 Å². The molecule has 10 nitrogen and oxygen atoms in total. The van der Waals surface area contributed by atoms with Gasteiger partial charge >= 0.3 is 0 Å². The van der Waals surface area contributed by atoms with E-state index in [1.165, 1.54) is 6.20 Å². The Labute approximate surface area is 197 Å². The van der Waals surface area contributed by atoms with Crippen LogP contribution in [0.15, 0.2) is 24.4 Å². The van der Waals surface area contributed by atoms with Gasteiger partial charge in [-0.05, 0) is 61.3 Å². The van der Waals surface area contributed by atoms with Gasteiger partial charge in [0.15, 0.2) is 11.6 Å². The number of nitrogens with one attached hydrogen (secondary N) is 4. The van der Waals surface area contributed by atoms with Crippen LogP contribution in [0.2, 0.25) is 0 Å². The molecule has 2 aromatic rings. The minimum absolute atomic E-state index is 0.0470. The van der Waals surface area contributed by atoms with Gasteiger partial charge in [0.2, 0.25) is 11.7 Å². The Kier molecular flexibility index (Phi) is 4.86.